The summed E-state index contributed by atoms with van der Waals surface area (Å²) in [5.41, 5.74) is 10.2. The molecular weight excluding hydrogens is 338 g/mol. The number of aromatic nitrogens is 4. The van der Waals surface area contributed by atoms with Crippen molar-refractivity contribution in [3.8, 4) is 22.6 Å². The number of benzene rings is 2. The third-order valence-corrected chi connectivity index (χ3v) is 4.27. The lowest BCUT2D eigenvalue weighted by Crippen LogP contribution is -2.00. The molecule has 0 saturated heterocycles. The highest BCUT2D eigenvalue weighted by Crippen LogP contribution is 2.23. The van der Waals surface area contributed by atoms with Gasteiger partial charge in [0.1, 0.15) is 0 Å². The van der Waals surface area contributed by atoms with Crippen LogP contribution in [0.1, 0.15) is 17.1 Å². The molecule has 4 aromatic rings. The van der Waals surface area contributed by atoms with Crippen LogP contribution < -0.4 is 5.73 Å². The van der Waals surface area contributed by atoms with Crippen LogP contribution in [0.5, 0.6) is 0 Å². The van der Waals surface area contributed by atoms with Gasteiger partial charge in [0.05, 0.1) is 23.8 Å². The Hall–Kier alpha value is -3.38. The fourth-order valence-electron chi connectivity index (χ4n) is 2.80. The maximum absolute atomic E-state index is 5.57. The summed E-state index contributed by atoms with van der Waals surface area (Å²) in [6, 6.07) is 18.1. The highest BCUT2D eigenvalue weighted by Gasteiger charge is 2.10. The number of rotatable bonds is 6. The highest BCUT2D eigenvalue weighted by molar-refractivity contribution is 5.67. The van der Waals surface area contributed by atoms with Crippen LogP contribution >= 0.6 is 0 Å². The van der Waals surface area contributed by atoms with E-state index in [0.717, 1.165) is 28.9 Å². The van der Waals surface area contributed by atoms with Crippen LogP contribution in [0.2, 0.25) is 0 Å². The zero-order valence-electron chi connectivity index (χ0n) is 14.7. The first-order valence-electron chi connectivity index (χ1n) is 8.80. The van der Waals surface area contributed by atoms with Gasteiger partial charge in [-0.3, -0.25) is 9.97 Å². The van der Waals surface area contributed by atoms with Gasteiger partial charge >= 0.3 is 0 Å². The van der Waals surface area contributed by atoms with Gasteiger partial charge in [0.25, 0.3) is 0 Å². The van der Waals surface area contributed by atoms with Gasteiger partial charge < -0.3 is 10.3 Å². The third-order valence-electron chi connectivity index (χ3n) is 4.27. The summed E-state index contributed by atoms with van der Waals surface area (Å²) in [6.07, 6.45) is 5.00. The smallest absolute Gasteiger partial charge is 0.227 e. The minimum absolute atomic E-state index is 0.377. The molecule has 0 amide bonds. The number of hydrogen-bond donors (Lipinski definition) is 1. The predicted octanol–water partition coefficient (Wildman–Crippen LogP) is 3.44. The van der Waals surface area contributed by atoms with E-state index >= 15 is 0 Å². The van der Waals surface area contributed by atoms with E-state index in [0.29, 0.717) is 24.7 Å². The van der Waals surface area contributed by atoms with Crippen LogP contribution in [-0.4, -0.2) is 20.1 Å². The maximum atomic E-state index is 5.57. The molecule has 0 radical (unpaired) electrons. The Labute approximate surface area is 157 Å². The minimum Gasteiger partial charge on any atom is -0.339 e. The van der Waals surface area contributed by atoms with E-state index in [1.165, 1.54) is 5.56 Å². The van der Waals surface area contributed by atoms with E-state index in [2.05, 4.69) is 32.2 Å². The minimum atomic E-state index is 0.377. The molecule has 0 aliphatic carbocycles. The highest BCUT2D eigenvalue weighted by atomic mass is 16.5. The van der Waals surface area contributed by atoms with E-state index < -0.39 is 0 Å². The Morgan fingerprint density at radius 3 is 2.48 bits per heavy atom. The van der Waals surface area contributed by atoms with Crippen molar-refractivity contribution in [1.82, 2.24) is 20.1 Å². The molecule has 2 N–H and O–H groups in total. The van der Waals surface area contributed by atoms with Crippen molar-refractivity contribution in [2.75, 3.05) is 0 Å². The van der Waals surface area contributed by atoms with Crippen molar-refractivity contribution in [2.45, 2.75) is 19.4 Å². The van der Waals surface area contributed by atoms with Crippen LogP contribution in [0, 0.1) is 0 Å². The van der Waals surface area contributed by atoms with Crippen molar-refractivity contribution >= 4 is 0 Å². The molecule has 6 nitrogen and oxygen atoms in total. The molecule has 27 heavy (non-hydrogen) atoms. The molecule has 0 aliphatic rings. The summed E-state index contributed by atoms with van der Waals surface area (Å²) in [5.74, 6) is 1.21. The number of nitrogens with two attached hydrogens (primary N) is 1. The first-order chi connectivity index (χ1) is 13.3. The third kappa shape index (κ3) is 4.07. The lowest BCUT2D eigenvalue weighted by molar-refractivity contribution is 0.379. The first kappa shape index (κ1) is 17.1. The fraction of sp³-hybridized carbons (Fsp3) is 0.143. The van der Waals surface area contributed by atoms with Crippen molar-refractivity contribution in [3.05, 3.63) is 84.1 Å². The van der Waals surface area contributed by atoms with Gasteiger partial charge in [0, 0.05) is 24.1 Å². The molecule has 2 aromatic carbocycles. The van der Waals surface area contributed by atoms with Crippen LogP contribution in [-0.2, 0) is 19.4 Å². The predicted molar refractivity (Wildman–Crippen MR) is 103 cm³/mol. The van der Waals surface area contributed by atoms with Gasteiger partial charge in [-0.25, -0.2) is 0 Å². The molecule has 2 aromatic heterocycles. The van der Waals surface area contributed by atoms with E-state index in [-0.39, 0.29) is 0 Å². The van der Waals surface area contributed by atoms with Crippen molar-refractivity contribution < 1.29 is 4.52 Å². The largest absolute Gasteiger partial charge is 0.339 e. The van der Waals surface area contributed by atoms with Crippen LogP contribution in [0.15, 0.2) is 71.5 Å². The second kappa shape index (κ2) is 7.88. The first-order valence-corrected chi connectivity index (χ1v) is 8.80. The molecule has 0 aliphatic heterocycles. The Balaban J connectivity index is 1.51. The molecule has 6 heteroatoms. The lowest BCUT2D eigenvalue weighted by atomic mass is 10.1. The molecule has 4 rings (SSSR count). The molecule has 0 bridgehead atoms. The summed E-state index contributed by atoms with van der Waals surface area (Å²) in [4.78, 5) is 13.2. The lowest BCUT2D eigenvalue weighted by Gasteiger charge is -2.03. The summed E-state index contributed by atoms with van der Waals surface area (Å²) >= 11 is 0. The summed E-state index contributed by atoms with van der Waals surface area (Å²) in [5, 5.41) is 4.12. The molecule has 0 unspecified atom stereocenters. The van der Waals surface area contributed by atoms with Gasteiger partial charge in [0.2, 0.25) is 11.7 Å². The zero-order chi connectivity index (χ0) is 18.5. The molecule has 134 valence electrons. The van der Waals surface area contributed by atoms with Gasteiger partial charge in [-0.15, -0.1) is 0 Å². The SMILES string of the molecule is NCc1cnc(-c2cccc(-c3noc(CCc4ccccc4)n3)c2)cn1. The molecular formula is C21H19N5O. The van der Waals surface area contributed by atoms with Crippen LogP contribution in [0.25, 0.3) is 22.6 Å². The van der Waals surface area contributed by atoms with E-state index in [1.54, 1.807) is 12.4 Å². The molecule has 0 fully saturated rings. The number of nitrogens with zero attached hydrogens (tertiary/aromatic N) is 4. The van der Waals surface area contributed by atoms with E-state index in [9.17, 15) is 0 Å². The van der Waals surface area contributed by atoms with E-state index in [4.69, 9.17) is 10.3 Å². The molecule has 0 saturated carbocycles. The van der Waals surface area contributed by atoms with Crippen molar-refractivity contribution in [1.29, 1.82) is 0 Å². The standard InChI is InChI=1S/C21H19N5O/c22-12-18-13-24-19(14-23-18)16-7-4-8-17(11-16)21-25-20(27-26-21)10-9-15-5-2-1-3-6-15/h1-8,11,13-14H,9-10,12,22H2. The quantitative estimate of drug-likeness (QED) is 0.568. The molecule has 2 heterocycles. The second-order valence-corrected chi connectivity index (χ2v) is 6.18. The number of hydrogen-bond acceptors (Lipinski definition) is 6. The normalized spacial score (nSPS) is 10.9. The summed E-state index contributed by atoms with van der Waals surface area (Å²) < 4.78 is 5.41. The topological polar surface area (TPSA) is 90.7 Å². The van der Waals surface area contributed by atoms with E-state index in [1.807, 2.05) is 42.5 Å². The summed E-state index contributed by atoms with van der Waals surface area (Å²) in [6.45, 7) is 0.377. The van der Waals surface area contributed by atoms with Gasteiger partial charge in [-0.1, -0.05) is 53.7 Å². The Kier molecular flexibility index (Phi) is 4.98. The Morgan fingerprint density at radius 2 is 1.70 bits per heavy atom. The average Bonchev–Trinajstić information content (AvgIpc) is 3.22. The van der Waals surface area contributed by atoms with Crippen molar-refractivity contribution in [2.24, 2.45) is 5.73 Å². The van der Waals surface area contributed by atoms with Crippen LogP contribution in [0.4, 0.5) is 0 Å². The summed E-state index contributed by atoms with van der Waals surface area (Å²) in [7, 11) is 0. The molecule has 0 spiro atoms. The van der Waals surface area contributed by atoms with Gasteiger partial charge in [0.15, 0.2) is 0 Å². The zero-order valence-corrected chi connectivity index (χ0v) is 14.7. The van der Waals surface area contributed by atoms with Crippen molar-refractivity contribution in [3.63, 3.8) is 0 Å². The van der Waals surface area contributed by atoms with Crippen LogP contribution in [0.3, 0.4) is 0 Å². The monoisotopic (exact) mass is 357 g/mol. The maximum Gasteiger partial charge on any atom is 0.227 e. The Morgan fingerprint density at radius 1 is 0.852 bits per heavy atom. The Bertz CT molecular complexity index is 1010. The van der Waals surface area contributed by atoms with Gasteiger partial charge in [-0.2, -0.15) is 4.98 Å². The fourth-order valence-corrected chi connectivity index (χ4v) is 2.80. The van der Waals surface area contributed by atoms with Gasteiger partial charge in [-0.05, 0) is 18.1 Å². The average molecular weight is 357 g/mol. The number of aryl methyl sites for hydroxylation is 2. The second-order valence-electron chi connectivity index (χ2n) is 6.18. The molecule has 0 atom stereocenters.